The van der Waals surface area contributed by atoms with Crippen LogP contribution in [0.25, 0.3) is 0 Å². The first-order valence-corrected chi connectivity index (χ1v) is 19.7. The van der Waals surface area contributed by atoms with E-state index in [0.29, 0.717) is 24.3 Å². The summed E-state index contributed by atoms with van der Waals surface area (Å²) in [5, 5.41) is 8.45. The van der Waals surface area contributed by atoms with Gasteiger partial charge >= 0.3 is 28.5 Å². The highest BCUT2D eigenvalue weighted by Gasteiger charge is 2.78. The fraction of sp³-hybridized carbons (Fsp3) is 0.821. The molecule has 292 valence electrons. The van der Waals surface area contributed by atoms with Gasteiger partial charge in [0.25, 0.3) is 0 Å². The summed E-state index contributed by atoms with van der Waals surface area (Å²) >= 11 is 0. The fourth-order valence-electron chi connectivity index (χ4n) is 7.41. The average Bonchev–Trinajstić information content (AvgIpc) is 3.56. The lowest BCUT2D eigenvalue weighted by atomic mass is 9.22. The van der Waals surface area contributed by atoms with Crippen molar-refractivity contribution in [2.45, 2.75) is 199 Å². The predicted octanol–water partition coefficient (Wildman–Crippen LogP) is 8.45. The first-order chi connectivity index (χ1) is 24.2. The van der Waals surface area contributed by atoms with Gasteiger partial charge in [0.2, 0.25) is 0 Å². The standard InChI is InChI=1S/C39H65B4NO9/c1-31(2)32(3,4)47-40(46-31)30(41-48-33(5,6)34(7,8)49-41)39(42-50-35(9,10)36(11,12)51-42,43-52-37(13,14)38(15,16)53-43)25-21-17-18-22-26-45-29-24-20-19-23-28(29)27-44/h19-20,23-24,30H,17-18,21-22,25-26H2,1-16H3. The van der Waals surface area contributed by atoms with Crippen molar-refractivity contribution < 1.29 is 42.0 Å². The van der Waals surface area contributed by atoms with Gasteiger partial charge in [0.1, 0.15) is 11.8 Å². The van der Waals surface area contributed by atoms with Crippen LogP contribution in [-0.4, -0.2) is 79.9 Å². The molecule has 4 aliphatic heterocycles. The molecule has 0 aromatic heterocycles. The van der Waals surface area contributed by atoms with Crippen LogP contribution in [-0.2, 0) is 37.2 Å². The second-order valence-corrected chi connectivity index (χ2v) is 19.7. The Morgan fingerprint density at radius 3 is 1.30 bits per heavy atom. The molecule has 0 radical (unpaired) electrons. The maximum absolute atomic E-state index is 9.49. The molecule has 14 heteroatoms. The number of hydrogen-bond acceptors (Lipinski definition) is 10. The second kappa shape index (κ2) is 14.1. The monoisotopic (exact) mass is 736 g/mol. The highest BCUT2D eigenvalue weighted by atomic mass is 16.7. The van der Waals surface area contributed by atoms with Gasteiger partial charge in [0.15, 0.2) is 0 Å². The van der Waals surface area contributed by atoms with Gasteiger partial charge in [-0.2, -0.15) is 5.26 Å². The molecule has 0 unspecified atom stereocenters. The Morgan fingerprint density at radius 2 is 0.906 bits per heavy atom. The number of unbranched alkanes of at least 4 members (excludes halogenated alkanes) is 3. The summed E-state index contributed by atoms with van der Waals surface area (Å²) in [6, 6.07) is 9.56. The summed E-state index contributed by atoms with van der Waals surface area (Å²) in [5.41, 5.74) is -5.23. The zero-order valence-corrected chi connectivity index (χ0v) is 35.6. The van der Waals surface area contributed by atoms with Crippen LogP contribution in [0.3, 0.4) is 0 Å². The molecule has 1 aromatic carbocycles. The minimum atomic E-state index is -1.04. The van der Waals surface area contributed by atoms with Gasteiger partial charge in [-0.25, -0.2) is 0 Å². The third-order valence-electron chi connectivity index (χ3n) is 13.9. The Balaban J connectivity index is 1.57. The third kappa shape index (κ3) is 7.65. The molecule has 1 aromatic rings. The normalized spacial score (nSPS) is 26.0. The third-order valence-corrected chi connectivity index (χ3v) is 13.9. The van der Waals surface area contributed by atoms with Crippen molar-refractivity contribution >= 4 is 28.5 Å². The SMILES string of the molecule is CC1(C)OB(C(B2OC(C)(C)C(C)(C)O2)C(CCCCCCOc2ccccc2C#N)(B2OC(C)(C)C(C)(C)O2)B2OC(C)(C)C(C)(C)O2)OC1(C)C. The first kappa shape index (κ1) is 42.6. The van der Waals surface area contributed by atoms with E-state index in [0.717, 1.165) is 25.7 Å². The number of nitrogens with zero attached hydrogens (tertiary/aromatic N) is 1. The van der Waals surface area contributed by atoms with E-state index in [-0.39, 0.29) is 0 Å². The number of benzene rings is 1. The average molecular weight is 735 g/mol. The van der Waals surface area contributed by atoms with Gasteiger partial charge in [0, 0.05) is 10.9 Å². The maximum Gasteiger partial charge on any atom is 0.461 e. The Labute approximate surface area is 321 Å². The van der Waals surface area contributed by atoms with Gasteiger partial charge in [-0.15, -0.1) is 0 Å². The highest BCUT2D eigenvalue weighted by molar-refractivity contribution is 6.81. The van der Waals surface area contributed by atoms with Crippen molar-refractivity contribution in [3.63, 3.8) is 0 Å². The smallest absolute Gasteiger partial charge is 0.461 e. The zero-order valence-electron chi connectivity index (χ0n) is 35.6. The van der Waals surface area contributed by atoms with Gasteiger partial charge in [-0.1, -0.05) is 37.8 Å². The van der Waals surface area contributed by atoms with E-state index in [9.17, 15) is 5.26 Å². The van der Waals surface area contributed by atoms with Gasteiger partial charge in [-0.3, -0.25) is 0 Å². The lowest BCUT2D eigenvalue weighted by Gasteiger charge is -2.44. The lowest BCUT2D eigenvalue weighted by Crippen LogP contribution is -2.59. The van der Waals surface area contributed by atoms with Crippen molar-refractivity contribution in [1.29, 1.82) is 5.26 Å². The van der Waals surface area contributed by atoms with Crippen molar-refractivity contribution in [1.82, 2.24) is 0 Å². The largest absolute Gasteiger partial charge is 0.492 e. The molecular formula is C39H65B4NO9. The van der Waals surface area contributed by atoms with E-state index in [1.54, 1.807) is 6.07 Å². The van der Waals surface area contributed by atoms with E-state index in [1.807, 2.05) is 18.2 Å². The highest BCUT2D eigenvalue weighted by Crippen LogP contribution is 2.64. The van der Waals surface area contributed by atoms with E-state index in [2.05, 4.69) is 117 Å². The van der Waals surface area contributed by atoms with Crippen LogP contribution >= 0.6 is 0 Å². The van der Waals surface area contributed by atoms with E-state index in [4.69, 9.17) is 42.0 Å². The second-order valence-electron chi connectivity index (χ2n) is 19.7. The summed E-state index contributed by atoms with van der Waals surface area (Å²) in [6.45, 7) is 33.6. The van der Waals surface area contributed by atoms with Crippen LogP contribution in [0, 0.1) is 11.3 Å². The van der Waals surface area contributed by atoms with Gasteiger partial charge in [0.05, 0.1) is 57.0 Å². The molecule has 4 aliphatic rings. The predicted molar refractivity (Wildman–Crippen MR) is 211 cm³/mol. The number of ether oxygens (including phenoxy) is 1. The van der Waals surface area contributed by atoms with Crippen LogP contribution in [0.15, 0.2) is 24.3 Å². The van der Waals surface area contributed by atoms with E-state index < -0.39 is 84.2 Å². The van der Waals surface area contributed by atoms with Crippen LogP contribution < -0.4 is 4.74 Å². The quantitative estimate of drug-likeness (QED) is 0.145. The van der Waals surface area contributed by atoms with E-state index >= 15 is 0 Å². The summed E-state index contributed by atoms with van der Waals surface area (Å²) in [4.78, 5) is 0. The molecule has 10 nitrogen and oxygen atoms in total. The summed E-state index contributed by atoms with van der Waals surface area (Å²) in [5.74, 6) is 0.614. The van der Waals surface area contributed by atoms with Crippen LogP contribution in [0.1, 0.15) is 148 Å². The zero-order chi connectivity index (χ0) is 39.7. The van der Waals surface area contributed by atoms with Crippen LogP contribution in [0.5, 0.6) is 5.75 Å². The molecule has 4 fully saturated rings. The van der Waals surface area contributed by atoms with Crippen molar-refractivity contribution in [2.24, 2.45) is 0 Å². The molecule has 0 bridgehead atoms. The molecule has 4 heterocycles. The number of hydrogen-bond donors (Lipinski definition) is 0. The summed E-state index contributed by atoms with van der Waals surface area (Å²) in [6.07, 6.45) is 4.01. The Bertz CT molecular complexity index is 1390. The Kier molecular flexibility index (Phi) is 11.4. The number of para-hydroxylation sites is 1. The molecular weight excluding hydrogens is 670 g/mol. The van der Waals surface area contributed by atoms with Gasteiger partial charge < -0.3 is 42.0 Å². The van der Waals surface area contributed by atoms with Crippen molar-refractivity contribution in [3.8, 4) is 11.8 Å². The lowest BCUT2D eigenvalue weighted by molar-refractivity contribution is 0.00578. The molecule has 0 amide bonds. The first-order valence-electron chi connectivity index (χ1n) is 19.7. The maximum atomic E-state index is 9.49. The topological polar surface area (TPSA) is 107 Å². The Hall–Kier alpha value is -1.55. The summed E-state index contributed by atoms with van der Waals surface area (Å²) in [7, 11) is -3.14. The molecule has 0 spiro atoms. The molecule has 0 atom stereocenters. The Morgan fingerprint density at radius 1 is 0.547 bits per heavy atom. The number of rotatable bonds is 13. The molecule has 0 saturated carbocycles. The van der Waals surface area contributed by atoms with Crippen molar-refractivity contribution in [2.75, 3.05) is 6.61 Å². The van der Waals surface area contributed by atoms with Crippen LogP contribution in [0.4, 0.5) is 0 Å². The van der Waals surface area contributed by atoms with E-state index in [1.165, 1.54) is 0 Å². The van der Waals surface area contributed by atoms with Crippen LogP contribution in [0.2, 0.25) is 10.9 Å². The van der Waals surface area contributed by atoms with Gasteiger partial charge in [-0.05, 0) is 129 Å². The molecule has 5 rings (SSSR count). The molecule has 53 heavy (non-hydrogen) atoms. The van der Waals surface area contributed by atoms with Crippen molar-refractivity contribution in [3.05, 3.63) is 29.8 Å². The summed E-state index contributed by atoms with van der Waals surface area (Å²) < 4.78 is 62.4. The molecule has 0 N–H and O–H groups in total. The fourth-order valence-corrected chi connectivity index (χ4v) is 7.41. The number of nitriles is 1. The minimum Gasteiger partial charge on any atom is -0.492 e. The minimum absolute atomic E-state index is 0.517. The molecule has 4 saturated heterocycles. The molecule has 0 aliphatic carbocycles.